The highest BCUT2D eigenvalue weighted by Crippen LogP contribution is 2.21. The number of hydrogen-bond donors (Lipinski definition) is 1. The highest BCUT2D eigenvalue weighted by atomic mass is 16.5. The number of nitrogens with zero attached hydrogens (tertiary/aromatic N) is 2. The molecule has 2 rings (SSSR count). The van der Waals surface area contributed by atoms with Crippen molar-refractivity contribution in [2.75, 3.05) is 13.2 Å². The normalized spacial score (nSPS) is 11.5. The lowest BCUT2D eigenvalue weighted by molar-refractivity contribution is 0.133. The first-order chi connectivity index (χ1) is 10.3. The lowest BCUT2D eigenvalue weighted by Crippen LogP contribution is -2.36. The Bertz CT molecular complexity index is 521. The van der Waals surface area contributed by atoms with E-state index in [4.69, 9.17) is 4.52 Å². The highest BCUT2D eigenvalue weighted by molar-refractivity contribution is 5.56. The van der Waals surface area contributed by atoms with Crippen molar-refractivity contribution in [2.45, 2.75) is 39.3 Å². The summed E-state index contributed by atoms with van der Waals surface area (Å²) >= 11 is 0. The molecule has 4 nitrogen and oxygen atoms in total. The van der Waals surface area contributed by atoms with Crippen LogP contribution in [0.15, 0.2) is 40.9 Å². The van der Waals surface area contributed by atoms with Crippen molar-refractivity contribution in [3.8, 4) is 11.3 Å². The zero-order chi connectivity index (χ0) is 15.1. The van der Waals surface area contributed by atoms with Crippen LogP contribution in [-0.4, -0.2) is 34.4 Å². The molecule has 1 aromatic carbocycles. The number of aliphatic hydroxyl groups excluding tert-OH is 1. The number of rotatable bonds is 8. The van der Waals surface area contributed by atoms with Crippen molar-refractivity contribution < 1.29 is 9.63 Å². The molecule has 0 aliphatic carbocycles. The molecule has 0 atom stereocenters. The molecule has 0 saturated carbocycles. The van der Waals surface area contributed by atoms with Gasteiger partial charge in [0, 0.05) is 30.8 Å². The Morgan fingerprint density at radius 2 is 1.90 bits per heavy atom. The van der Waals surface area contributed by atoms with Crippen LogP contribution in [0.25, 0.3) is 11.3 Å². The number of aromatic nitrogens is 1. The van der Waals surface area contributed by atoms with Crippen molar-refractivity contribution in [1.29, 1.82) is 0 Å². The molecule has 4 heteroatoms. The zero-order valence-corrected chi connectivity index (χ0v) is 12.8. The summed E-state index contributed by atoms with van der Waals surface area (Å²) in [5.74, 6) is 0.791. The van der Waals surface area contributed by atoms with Gasteiger partial charge in [-0.15, -0.1) is 0 Å². The van der Waals surface area contributed by atoms with Gasteiger partial charge >= 0.3 is 0 Å². The molecule has 0 unspecified atom stereocenters. The van der Waals surface area contributed by atoms with E-state index in [-0.39, 0.29) is 6.61 Å². The molecule has 0 spiro atoms. The zero-order valence-electron chi connectivity index (χ0n) is 12.8. The predicted octanol–water partition coefficient (Wildman–Crippen LogP) is 3.32. The molecule has 0 radical (unpaired) electrons. The fourth-order valence-corrected chi connectivity index (χ4v) is 2.66. The van der Waals surface area contributed by atoms with Crippen LogP contribution in [0.3, 0.4) is 0 Å². The molecule has 2 aromatic rings. The Morgan fingerprint density at radius 1 is 1.19 bits per heavy atom. The van der Waals surface area contributed by atoms with E-state index >= 15 is 0 Å². The third-order valence-electron chi connectivity index (χ3n) is 3.83. The van der Waals surface area contributed by atoms with Crippen LogP contribution in [0.1, 0.15) is 32.4 Å². The lowest BCUT2D eigenvalue weighted by atomic mass is 10.1. The van der Waals surface area contributed by atoms with Gasteiger partial charge in [-0.05, 0) is 12.8 Å². The molecule has 0 aliphatic heterocycles. The van der Waals surface area contributed by atoms with Crippen molar-refractivity contribution in [3.63, 3.8) is 0 Å². The summed E-state index contributed by atoms with van der Waals surface area (Å²) in [5, 5.41) is 13.4. The minimum Gasteiger partial charge on any atom is -0.395 e. The Balaban J connectivity index is 2.09. The van der Waals surface area contributed by atoms with Crippen LogP contribution in [0.2, 0.25) is 0 Å². The average Bonchev–Trinajstić information content (AvgIpc) is 2.98. The summed E-state index contributed by atoms with van der Waals surface area (Å²) in [4.78, 5) is 2.27. The standard InChI is InChI=1S/C17H24N2O2/c1-3-16(4-2)19(10-11-20)13-15-12-17(21-18-15)14-8-6-5-7-9-14/h5-9,12,16,20H,3-4,10-11,13H2,1-2H3. The van der Waals surface area contributed by atoms with Crippen LogP contribution in [0, 0.1) is 0 Å². The van der Waals surface area contributed by atoms with Crippen molar-refractivity contribution in [2.24, 2.45) is 0 Å². The van der Waals surface area contributed by atoms with Gasteiger partial charge in [-0.25, -0.2) is 0 Å². The summed E-state index contributed by atoms with van der Waals surface area (Å²) in [6.45, 7) is 5.90. The van der Waals surface area contributed by atoms with Gasteiger partial charge in [-0.1, -0.05) is 49.3 Å². The fraction of sp³-hybridized carbons (Fsp3) is 0.471. The fourth-order valence-electron chi connectivity index (χ4n) is 2.66. The largest absolute Gasteiger partial charge is 0.395 e. The lowest BCUT2D eigenvalue weighted by Gasteiger charge is -2.28. The van der Waals surface area contributed by atoms with Crippen molar-refractivity contribution in [1.82, 2.24) is 10.1 Å². The van der Waals surface area contributed by atoms with Crippen LogP contribution in [0.5, 0.6) is 0 Å². The van der Waals surface area contributed by atoms with Gasteiger partial charge in [0.2, 0.25) is 0 Å². The van der Waals surface area contributed by atoms with Crippen LogP contribution < -0.4 is 0 Å². The predicted molar refractivity (Wildman–Crippen MR) is 83.8 cm³/mol. The highest BCUT2D eigenvalue weighted by Gasteiger charge is 2.17. The summed E-state index contributed by atoms with van der Waals surface area (Å²) < 4.78 is 5.44. The van der Waals surface area contributed by atoms with Crippen molar-refractivity contribution in [3.05, 3.63) is 42.1 Å². The molecule has 0 fully saturated rings. The maximum absolute atomic E-state index is 9.25. The first kappa shape index (κ1) is 15.7. The average molecular weight is 288 g/mol. The summed E-state index contributed by atoms with van der Waals surface area (Å²) in [6.07, 6.45) is 2.14. The smallest absolute Gasteiger partial charge is 0.167 e. The van der Waals surface area contributed by atoms with E-state index in [9.17, 15) is 5.11 Å². The molecule has 114 valence electrons. The number of benzene rings is 1. The monoisotopic (exact) mass is 288 g/mol. The van der Waals surface area contributed by atoms with E-state index in [2.05, 4.69) is 23.9 Å². The topological polar surface area (TPSA) is 49.5 Å². The maximum atomic E-state index is 9.25. The second-order valence-electron chi connectivity index (χ2n) is 5.21. The quantitative estimate of drug-likeness (QED) is 0.809. The van der Waals surface area contributed by atoms with Crippen molar-refractivity contribution >= 4 is 0 Å². The molecule has 0 aliphatic rings. The third-order valence-corrected chi connectivity index (χ3v) is 3.83. The van der Waals surface area contributed by atoms with Gasteiger partial charge in [0.1, 0.15) is 0 Å². The SMILES string of the molecule is CCC(CC)N(CCO)Cc1cc(-c2ccccc2)on1. The van der Waals surface area contributed by atoms with Gasteiger partial charge in [0.05, 0.1) is 12.3 Å². The number of hydrogen-bond acceptors (Lipinski definition) is 4. The molecule has 0 bridgehead atoms. The van der Waals surface area contributed by atoms with E-state index < -0.39 is 0 Å². The van der Waals surface area contributed by atoms with E-state index in [0.29, 0.717) is 19.1 Å². The van der Waals surface area contributed by atoms with Gasteiger partial charge < -0.3 is 9.63 Å². The molecule has 0 saturated heterocycles. The van der Waals surface area contributed by atoms with E-state index in [1.807, 2.05) is 36.4 Å². The molecule has 1 heterocycles. The summed E-state index contributed by atoms with van der Waals surface area (Å²) in [5.41, 5.74) is 1.95. The second kappa shape index (κ2) is 7.96. The van der Waals surface area contributed by atoms with Crippen LogP contribution in [0.4, 0.5) is 0 Å². The van der Waals surface area contributed by atoms with Crippen LogP contribution >= 0.6 is 0 Å². The molecular weight excluding hydrogens is 264 g/mol. The molecular formula is C17H24N2O2. The minimum absolute atomic E-state index is 0.167. The Hall–Kier alpha value is -1.65. The summed E-state index contributed by atoms with van der Waals surface area (Å²) in [7, 11) is 0. The maximum Gasteiger partial charge on any atom is 0.167 e. The second-order valence-corrected chi connectivity index (χ2v) is 5.21. The molecule has 21 heavy (non-hydrogen) atoms. The minimum atomic E-state index is 0.167. The molecule has 0 amide bonds. The van der Waals surface area contributed by atoms with Gasteiger partial charge in [-0.3, -0.25) is 4.90 Å². The van der Waals surface area contributed by atoms with E-state index in [0.717, 1.165) is 29.9 Å². The summed E-state index contributed by atoms with van der Waals surface area (Å²) in [6, 6.07) is 12.4. The van der Waals surface area contributed by atoms with E-state index in [1.165, 1.54) is 0 Å². The van der Waals surface area contributed by atoms with E-state index in [1.54, 1.807) is 0 Å². The Morgan fingerprint density at radius 3 is 2.52 bits per heavy atom. The first-order valence-electron chi connectivity index (χ1n) is 7.64. The Kier molecular flexibility index (Phi) is 5.96. The molecule has 1 aromatic heterocycles. The van der Waals surface area contributed by atoms with Gasteiger partial charge in [0.25, 0.3) is 0 Å². The Labute approximate surface area is 126 Å². The van der Waals surface area contributed by atoms with Gasteiger partial charge in [0.15, 0.2) is 5.76 Å². The third kappa shape index (κ3) is 4.16. The number of aliphatic hydroxyl groups is 1. The van der Waals surface area contributed by atoms with Gasteiger partial charge in [-0.2, -0.15) is 0 Å². The van der Waals surface area contributed by atoms with Crippen LogP contribution in [-0.2, 0) is 6.54 Å². The first-order valence-corrected chi connectivity index (χ1v) is 7.64. The molecule has 1 N–H and O–H groups in total.